The summed E-state index contributed by atoms with van der Waals surface area (Å²) < 4.78 is 90.0. The molecule has 4 N–H and O–H groups in total. The highest BCUT2D eigenvalue weighted by molar-refractivity contribution is 6.30. The minimum Gasteiger partial charge on any atom is -0.478 e. The number of halogens is 1. The Morgan fingerprint density at radius 2 is 1.97 bits per heavy atom. The fourth-order valence-electron chi connectivity index (χ4n) is 2.24. The molecule has 0 fully saturated rings. The van der Waals surface area contributed by atoms with Crippen molar-refractivity contribution in [1.82, 2.24) is 5.32 Å². The Morgan fingerprint density at radius 3 is 2.72 bits per heavy atom. The van der Waals surface area contributed by atoms with E-state index in [1.54, 1.807) is 0 Å². The summed E-state index contributed by atoms with van der Waals surface area (Å²) in [4.78, 5) is 11.7. The molecule has 0 spiro atoms. The summed E-state index contributed by atoms with van der Waals surface area (Å²) in [6, 6.07) is -0.692. The molecule has 0 aliphatic heterocycles. The van der Waals surface area contributed by atoms with Crippen LogP contribution in [0.3, 0.4) is 0 Å². The summed E-state index contributed by atoms with van der Waals surface area (Å²) in [5.41, 5.74) is -2.58. The van der Waals surface area contributed by atoms with Gasteiger partial charge >= 0.3 is 5.97 Å². The van der Waals surface area contributed by atoms with Crippen LogP contribution in [0, 0.1) is 0 Å². The Labute approximate surface area is 190 Å². The van der Waals surface area contributed by atoms with Crippen LogP contribution >= 0.6 is 11.6 Å². The van der Waals surface area contributed by atoms with Gasteiger partial charge in [0.25, 0.3) is 0 Å². The first-order chi connectivity index (χ1) is 18.4. The van der Waals surface area contributed by atoms with Crippen LogP contribution in [0.15, 0.2) is 72.6 Å². The van der Waals surface area contributed by atoms with Crippen molar-refractivity contribution >= 4 is 23.3 Å². The first kappa shape index (κ1) is 10.8. The van der Waals surface area contributed by atoms with Crippen LogP contribution in [0.4, 0.5) is 5.69 Å². The van der Waals surface area contributed by atoms with Gasteiger partial charge in [0, 0.05) is 33.0 Å². The quantitative estimate of drug-likeness (QED) is 0.410. The molecular weight excluding hydrogens is 388 g/mol. The number of carboxylic acids is 1. The second-order valence-electron chi connectivity index (χ2n) is 5.65. The summed E-state index contributed by atoms with van der Waals surface area (Å²) in [5, 5.41) is 25.0. The number of carboxylic acid groups (broad SMARTS) is 1. The van der Waals surface area contributed by atoms with Crippen molar-refractivity contribution in [3.63, 3.8) is 0 Å². The first-order valence-electron chi connectivity index (χ1n) is 13.8. The minimum absolute atomic E-state index is 0.0956. The lowest BCUT2D eigenvalue weighted by molar-refractivity contribution is 0.0697. The van der Waals surface area contributed by atoms with E-state index in [2.05, 4.69) is 10.6 Å². The van der Waals surface area contributed by atoms with E-state index in [0.717, 1.165) is 0 Å². The fraction of sp³-hybridized carbons (Fsp3) is 0.174. The van der Waals surface area contributed by atoms with E-state index < -0.39 is 102 Å². The number of aromatic carboxylic acids is 1. The molecule has 0 unspecified atom stereocenters. The van der Waals surface area contributed by atoms with Gasteiger partial charge in [0.15, 0.2) is 0 Å². The number of hydrogen-bond donors (Lipinski definition) is 4. The van der Waals surface area contributed by atoms with Gasteiger partial charge in [-0.25, -0.2) is 4.79 Å². The molecule has 29 heavy (non-hydrogen) atoms. The molecule has 5 nitrogen and oxygen atoms in total. The standard InChI is InChI=1S/C23H23ClN2O3/c24-20-8-2-6-18(13-20)22(27)15-25-10-11-26-21-9-3-5-17(14-21)16-4-1-7-19(12-16)23(28)29/h1-9,12-14,22,25-27H,10-11,15H2,(H,28,29)/t22-/m1/s1/i1D,3D,4D,5D,7D,9D,10D2,12D,14D,22D. The molecule has 3 aromatic rings. The second kappa shape index (κ2) is 10.1. The van der Waals surface area contributed by atoms with E-state index in [0.29, 0.717) is 0 Å². The van der Waals surface area contributed by atoms with Gasteiger partial charge in [-0.15, -0.1) is 0 Å². The number of benzene rings is 3. The lowest BCUT2D eigenvalue weighted by Crippen LogP contribution is -2.26. The third kappa shape index (κ3) is 6.06. The average molecular weight is 422 g/mol. The van der Waals surface area contributed by atoms with Gasteiger partial charge in [0.1, 0.15) is 0 Å². The Morgan fingerprint density at radius 1 is 1.21 bits per heavy atom. The predicted octanol–water partition coefficient (Wildman–Crippen LogP) is 4.44. The van der Waals surface area contributed by atoms with Crippen molar-refractivity contribution in [3.05, 3.63) is 88.8 Å². The topological polar surface area (TPSA) is 81.6 Å². The van der Waals surface area contributed by atoms with Gasteiger partial charge in [0.2, 0.25) is 0 Å². The van der Waals surface area contributed by atoms with E-state index in [9.17, 15) is 15.0 Å². The number of hydrogen-bond acceptors (Lipinski definition) is 4. The fourth-order valence-corrected chi connectivity index (χ4v) is 2.43. The Bertz CT molecular complexity index is 1500. The molecule has 3 rings (SSSR count). The number of aliphatic hydroxyl groups is 1. The molecule has 6 heteroatoms. The molecule has 3 aromatic carbocycles. The maximum absolute atomic E-state index is 11.7. The van der Waals surface area contributed by atoms with Crippen molar-refractivity contribution in [2.24, 2.45) is 0 Å². The smallest absolute Gasteiger partial charge is 0.335 e. The molecule has 0 amide bonds. The van der Waals surface area contributed by atoms with E-state index in [1.165, 1.54) is 24.3 Å². The van der Waals surface area contributed by atoms with Crippen LogP contribution in [-0.2, 0) is 0 Å². The van der Waals surface area contributed by atoms with Gasteiger partial charge in [-0.3, -0.25) is 0 Å². The van der Waals surface area contributed by atoms with E-state index in [4.69, 9.17) is 26.7 Å². The van der Waals surface area contributed by atoms with Crippen LogP contribution in [-0.4, -0.2) is 35.8 Å². The van der Waals surface area contributed by atoms with Crippen molar-refractivity contribution in [2.45, 2.75) is 6.08 Å². The molecule has 0 aliphatic carbocycles. The van der Waals surface area contributed by atoms with Gasteiger partial charge < -0.3 is 20.8 Å². The van der Waals surface area contributed by atoms with Crippen LogP contribution in [0.5, 0.6) is 0 Å². The zero-order valence-electron chi connectivity index (χ0n) is 25.9. The van der Waals surface area contributed by atoms with Crippen molar-refractivity contribution in [3.8, 4) is 11.1 Å². The summed E-state index contributed by atoms with van der Waals surface area (Å²) in [7, 11) is 0. The van der Waals surface area contributed by atoms with E-state index in [1.807, 2.05) is 0 Å². The first-order valence-corrected chi connectivity index (χ1v) is 8.70. The van der Waals surface area contributed by atoms with Gasteiger partial charge in [-0.1, -0.05) is 47.9 Å². The lowest BCUT2D eigenvalue weighted by atomic mass is 10.0. The molecule has 0 aliphatic rings. The molecule has 0 radical (unpaired) electrons. The van der Waals surface area contributed by atoms with Crippen LogP contribution in [0.25, 0.3) is 11.1 Å². The molecule has 0 saturated carbocycles. The Kier molecular flexibility index (Phi) is 3.75. The minimum atomic E-state index is -2.37. The number of rotatable bonds is 9. The maximum Gasteiger partial charge on any atom is 0.335 e. The molecule has 0 heterocycles. The Balaban J connectivity index is 1.99. The molecule has 1 atom stereocenters. The molecule has 0 aromatic heterocycles. The highest BCUT2D eigenvalue weighted by Gasteiger charge is 2.07. The van der Waals surface area contributed by atoms with Crippen LogP contribution in [0.1, 0.15) is 37.1 Å². The number of carbonyl (C=O) groups is 1. The van der Waals surface area contributed by atoms with E-state index in [-0.39, 0.29) is 10.6 Å². The zero-order chi connectivity index (χ0) is 30.3. The van der Waals surface area contributed by atoms with Gasteiger partial charge in [-0.05, 0) is 53.0 Å². The summed E-state index contributed by atoms with van der Waals surface area (Å²) in [6.45, 7) is -3.64. The third-order valence-electron chi connectivity index (χ3n) is 3.61. The molecule has 150 valence electrons. The summed E-state index contributed by atoms with van der Waals surface area (Å²) in [5.74, 6) is -1.74. The Hall–Kier alpha value is -2.86. The van der Waals surface area contributed by atoms with E-state index >= 15 is 0 Å². The second-order valence-corrected chi connectivity index (χ2v) is 6.08. The number of anilines is 1. The van der Waals surface area contributed by atoms with Crippen LogP contribution in [0.2, 0.25) is 5.02 Å². The summed E-state index contributed by atoms with van der Waals surface area (Å²) in [6.07, 6.45) is -2.28. The zero-order valence-corrected chi connectivity index (χ0v) is 15.7. The highest BCUT2D eigenvalue weighted by atomic mass is 35.5. The third-order valence-corrected chi connectivity index (χ3v) is 3.84. The number of nitrogens with one attached hydrogen (secondary N) is 2. The molecule has 0 bridgehead atoms. The van der Waals surface area contributed by atoms with Crippen molar-refractivity contribution in [2.75, 3.05) is 24.9 Å². The van der Waals surface area contributed by atoms with Gasteiger partial charge in [-0.2, -0.15) is 0 Å². The highest BCUT2D eigenvalue weighted by Crippen LogP contribution is 2.23. The predicted molar refractivity (Wildman–Crippen MR) is 117 cm³/mol. The lowest BCUT2D eigenvalue weighted by Gasteiger charge is -2.13. The SMILES string of the molecule is [2H]c1c([2H])c(NCC([2H])([2H])NC[C@@]([2H])(O)c2cccc(Cl)c2)c([2H])c(-c2c([2H])c([2H])c([2H])c(C(=O)O)c2[2H])c1[2H]. The maximum atomic E-state index is 11.7. The molecular formula is C23H23ClN2O3. The molecule has 0 saturated heterocycles. The average Bonchev–Trinajstić information content (AvgIpc) is 2.87. The monoisotopic (exact) mass is 421 g/mol. The largest absolute Gasteiger partial charge is 0.478 e. The van der Waals surface area contributed by atoms with Crippen molar-refractivity contribution < 1.29 is 30.1 Å². The summed E-state index contributed by atoms with van der Waals surface area (Å²) >= 11 is 5.89. The van der Waals surface area contributed by atoms with Crippen LogP contribution < -0.4 is 10.6 Å². The van der Waals surface area contributed by atoms with Gasteiger partial charge in [0.05, 0.1) is 24.0 Å². The van der Waals surface area contributed by atoms with Crippen molar-refractivity contribution in [1.29, 1.82) is 0 Å². The normalized spacial score (nSPS) is 18.8.